The van der Waals surface area contributed by atoms with Crippen LogP contribution in [0.25, 0.3) is 0 Å². The van der Waals surface area contributed by atoms with E-state index in [1.54, 1.807) is 0 Å². The zero-order valence-corrected chi connectivity index (χ0v) is 13.4. The van der Waals surface area contributed by atoms with Gasteiger partial charge in [-0.05, 0) is 35.6 Å². The van der Waals surface area contributed by atoms with E-state index in [0.29, 0.717) is 5.88 Å². The van der Waals surface area contributed by atoms with Gasteiger partial charge in [-0.1, -0.05) is 54.3 Å². The van der Waals surface area contributed by atoms with E-state index in [1.165, 1.54) is 16.7 Å². The number of alkyl halides is 1. The molecule has 1 atom stereocenters. The lowest BCUT2D eigenvalue weighted by atomic mass is 9.88. The summed E-state index contributed by atoms with van der Waals surface area (Å²) in [5.41, 5.74) is 5.21. The molecule has 3 rings (SSSR count). The Morgan fingerprint density at radius 1 is 1.05 bits per heavy atom. The lowest BCUT2D eigenvalue weighted by Crippen LogP contribution is -2.31. The van der Waals surface area contributed by atoms with E-state index in [0.717, 1.165) is 31.4 Å². The molecule has 112 valence electrons. The van der Waals surface area contributed by atoms with Crippen molar-refractivity contribution in [2.24, 2.45) is 0 Å². The van der Waals surface area contributed by atoms with Crippen molar-refractivity contribution in [1.29, 1.82) is 0 Å². The first kappa shape index (κ1) is 15.2. The summed E-state index contributed by atoms with van der Waals surface area (Å²) in [6.07, 6.45) is 2.89. The van der Waals surface area contributed by atoms with E-state index in [1.807, 2.05) is 0 Å². The largest absolute Gasteiger partial charge is 0.306 e. The molecule has 0 amide bonds. The highest BCUT2D eigenvalue weighted by molar-refractivity contribution is 6.17. The average Bonchev–Trinajstić information content (AvgIpc) is 2.59. The molecule has 0 aromatic heterocycles. The second kappa shape index (κ2) is 7.49. The van der Waals surface area contributed by atoms with Crippen molar-refractivity contribution in [1.82, 2.24) is 5.32 Å². The van der Waals surface area contributed by atoms with Gasteiger partial charge in [-0.15, -0.1) is 11.6 Å². The van der Waals surface area contributed by atoms with Gasteiger partial charge < -0.3 is 5.32 Å². The monoisotopic (exact) mass is 309 g/mol. The van der Waals surface area contributed by atoms with Gasteiger partial charge in [-0.25, -0.2) is 0 Å². The van der Waals surface area contributed by atoms with Crippen LogP contribution in [0.1, 0.15) is 41.1 Å². The summed E-state index contributed by atoms with van der Waals surface area (Å²) in [6, 6.07) is 17.4. The Morgan fingerprint density at radius 2 is 1.82 bits per heavy atom. The fourth-order valence-corrected chi connectivity index (χ4v) is 3.09. The number of benzene rings is 2. The summed E-state index contributed by atoms with van der Waals surface area (Å²) in [5.74, 6) is 7.25. The summed E-state index contributed by atoms with van der Waals surface area (Å²) in [5, 5.41) is 3.64. The minimum atomic E-state index is 0.239. The summed E-state index contributed by atoms with van der Waals surface area (Å²) in [4.78, 5) is 0. The first-order chi connectivity index (χ1) is 10.9. The fourth-order valence-electron chi connectivity index (χ4n) is 2.96. The van der Waals surface area contributed by atoms with Crippen molar-refractivity contribution >= 4 is 11.6 Å². The lowest BCUT2D eigenvalue weighted by molar-refractivity contribution is 0.567. The topological polar surface area (TPSA) is 12.0 Å². The first-order valence-corrected chi connectivity index (χ1v) is 8.38. The Balaban J connectivity index is 1.94. The summed E-state index contributed by atoms with van der Waals surface area (Å²) in [7, 11) is 0. The Kier molecular flexibility index (Phi) is 5.16. The Morgan fingerprint density at radius 3 is 2.68 bits per heavy atom. The first-order valence-electron chi connectivity index (χ1n) is 7.85. The van der Waals surface area contributed by atoms with Crippen LogP contribution >= 0.6 is 11.6 Å². The molecule has 1 nitrogen and oxygen atoms in total. The molecule has 0 radical (unpaired) electrons. The Labute approximate surface area is 137 Å². The van der Waals surface area contributed by atoms with Crippen LogP contribution in [0.4, 0.5) is 0 Å². The van der Waals surface area contributed by atoms with Crippen LogP contribution in [0.5, 0.6) is 0 Å². The van der Waals surface area contributed by atoms with E-state index >= 15 is 0 Å². The standard InChI is InChI=1S/C20H20ClN/c21-14-7-1-2-8-16-9-3-5-11-18(16)20-19-12-6-4-10-17(19)13-15-22-20/h3-6,9-12,20,22H,1,7,13-15H2. The van der Waals surface area contributed by atoms with Crippen LogP contribution in [0.2, 0.25) is 0 Å². The van der Waals surface area contributed by atoms with Crippen LogP contribution in [-0.2, 0) is 6.42 Å². The molecule has 0 spiro atoms. The highest BCUT2D eigenvalue weighted by Crippen LogP contribution is 2.30. The zero-order valence-electron chi connectivity index (χ0n) is 12.6. The Hall–Kier alpha value is -1.75. The third kappa shape index (κ3) is 3.35. The smallest absolute Gasteiger partial charge is 0.0591 e. The van der Waals surface area contributed by atoms with Crippen molar-refractivity contribution < 1.29 is 0 Å². The molecule has 1 aliphatic heterocycles. The SMILES string of the molecule is ClCCCC#Cc1ccccc1C1NCCc2ccccc21. The maximum Gasteiger partial charge on any atom is 0.0591 e. The van der Waals surface area contributed by atoms with Gasteiger partial charge in [-0.3, -0.25) is 0 Å². The molecular weight excluding hydrogens is 290 g/mol. The number of rotatable bonds is 3. The predicted octanol–water partition coefficient (Wildman–Crippen LogP) is 4.29. The van der Waals surface area contributed by atoms with E-state index in [-0.39, 0.29) is 6.04 Å². The van der Waals surface area contributed by atoms with Crippen molar-refractivity contribution in [3.63, 3.8) is 0 Å². The van der Waals surface area contributed by atoms with E-state index in [9.17, 15) is 0 Å². The average molecular weight is 310 g/mol. The quantitative estimate of drug-likeness (QED) is 0.506. The zero-order chi connectivity index (χ0) is 15.2. The van der Waals surface area contributed by atoms with Crippen molar-refractivity contribution in [2.45, 2.75) is 25.3 Å². The highest BCUT2D eigenvalue weighted by Gasteiger charge is 2.22. The molecule has 0 saturated carbocycles. The highest BCUT2D eigenvalue weighted by atomic mass is 35.5. The van der Waals surface area contributed by atoms with Crippen molar-refractivity contribution in [3.05, 3.63) is 70.8 Å². The molecule has 2 aromatic rings. The van der Waals surface area contributed by atoms with Gasteiger partial charge in [0.2, 0.25) is 0 Å². The van der Waals surface area contributed by atoms with Gasteiger partial charge in [0.05, 0.1) is 6.04 Å². The van der Waals surface area contributed by atoms with E-state index < -0.39 is 0 Å². The molecular formula is C20H20ClN. The maximum absolute atomic E-state index is 5.71. The number of fused-ring (bicyclic) bond motifs is 1. The molecule has 0 aliphatic carbocycles. The van der Waals surface area contributed by atoms with Gasteiger partial charge in [0.15, 0.2) is 0 Å². The molecule has 0 saturated heterocycles. The van der Waals surface area contributed by atoms with Crippen LogP contribution in [0, 0.1) is 11.8 Å². The third-order valence-corrected chi connectivity index (χ3v) is 4.31. The van der Waals surface area contributed by atoms with Gasteiger partial charge in [0.1, 0.15) is 0 Å². The molecule has 2 aromatic carbocycles. The molecule has 2 heteroatoms. The minimum Gasteiger partial charge on any atom is -0.306 e. The van der Waals surface area contributed by atoms with Crippen molar-refractivity contribution in [3.8, 4) is 11.8 Å². The molecule has 0 bridgehead atoms. The summed E-state index contributed by atoms with van der Waals surface area (Å²) in [6.45, 7) is 1.01. The number of hydrogen-bond donors (Lipinski definition) is 1. The van der Waals surface area contributed by atoms with Gasteiger partial charge in [0, 0.05) is 24.4 Å². The Bertz CT molecular complexity index is 696. The van der Waals surface area contributed by atoms with Gasteiger partial charge in [0.25, 0.3) is 0 Å². The number of nitrogens with one attached hydrogen (secondary N) is 1. The maximum atomic E-state index is 5.71. The lowest BCUT2D eigenvalue weighted by Gasteiger charge is -2.28. The van der Waals surface area contributed by atoms with Gasteiger partial charge >= 0.3 is 0 Å². The fraction of sp³-hybridized carbons (Fsp3) is 0.300. The number of hydrogen-bond acceptors (Lipinski definition) is 1. The summed E-state index contributed by atoms with van der Waals surface area (Å²) >= 11 is 5.71. The second-order valence-corrected chi connectivity index (χ2v) is 5.90. The van der Waals surface area contributed by atoms with E-state index in [2.05, 4.69) is 65.7 Å². The number of unbranched alkanes of at least 4 members (excludes halogenated alkanes) is 1. The van der Waals surface area contributed by atoms with Crippen LogP contribution < -0.4 is 5.32 Å². The predicted molar refractivity (Wildman–Crippen MR) is 93.3 cm³/mol. The van der Waals surface area contributed by atoms with Gasteiger partial charge in [-0.2, -0.15) is 0 Å². The molecule has 1 aliphatic rings. The molecule has 1 heterocycles. The van der Waals surface area contributed by atoms with Crippen LogP contribution in [0.15, 0.2) is 48.5 Å². The molecule has 1 unspecified atom stereocenters. The van der Waals surface area contributed by atoms with Crippen LogP contribution in [0.3, 0.4) is 0 Å². The summed E-state index contributed by atoms with van der Waals surface area (Å²) < 4.78 is 0. The van der Waals surface area contributed by atoms with Crippen LogP contribution in [-0.4, -0.2) is 12.4 Å². The molecule has 0 fully saturated rings. The second-order valence-electron chi connectivity index (χ2n) is 5.52. The molecule has 1 N–H and O–H groups in total. The number of halogens is 1. The molecule has 22 heavy (non-hydrogen) atoms. The third-order valence-electron chi connectivity index (χ3n) is 4.04. The van der Waals surface area contributed by atoms with E-state index in [4.69, 9.17) is 11.6 Å². The normalized spacial score (nSPS) is 16.5. The minimum absolute atomic E-state index is 0.239. The van der Waals surface area contributed by atoms with Crippen molar-refractivity contribution in [2.75, 3.05) is 12.4 Å².